The van der Waals surface area contributed by atoms with Gasteiger partial charge in [0, 0.05) is 35.4 Å². The molecule has 0 aliphatic carbocycles. The van der Waals surface area contributed by atoms with Crippen LogP contribution in [-0.2, 0) is 20.8 Å². The quantitative estimate of drug-likeness (QED) is 0.728. The number of carbonyl (C=O) groups excluding carboxylic acids is 2. The highest BCUT2D eigenvalue weighted by molar-refractivity contribution is 5.95. The molecule has 0 saturated carbocycles. The molecular formula is C18H23N3O4. The number of hydrogen-bond acceptors (Lipinski definition) is 5. The van der Waals surface area contributed by atoms with Gasteiger partial charge in [0.25, 0.3) is 0 Å². The summed E-state index contributed by atoms with van der Waals surface area (Å²) in [5.74, 6) is -0.654. The summed E-state index contributed by atoms with van der Waals surface area (Å²) >= 11 is 0. The van der Waals surface area contributed by atoms with Crippen molar-refractivity contribution in [3.63, 3.8) is 0 Å². The van der Waals surface area contributed by atoms with Crippen molar-refractivity contribution in [2.45, 2.75) is 38.8 Å². The summed E-state index contributed by atoms with van der Waals surface area (Å²) in [6.07, 6.45) is -0.512. The molecule has 1 aromatic carbocycles. The Morgan fingerprint density at radius 2 is 2.04 bits per heavy atom. The number of nitrogens with one attached hydrogen (secondary N) is 3. The van der Waals surface area contributed by atoms with Gasteiger partial charge in [-0.3, -0.25) is 10.1 Å². The van der Waals surface area contributed by atoms with Crippen LogP contribution in [-0.4, -0.2) is 36.3 Å². The van der Waals surface area contributed by atoms with Gasteiger partial charge in [0.1, 0.15) is 5.60 Å². The topological polar surface area (TPSA) is 92.5 Å². The molecule has 7 nitrogen and oxygen atoms in total. The summed E-state index contributed by atoms with van der Waals surface area (Å²) in [6, 6.07) is 5.54. The molecule has 0 fully saturated rings. The van der Waals surface area contributed by atoms with E-state index in [-0.39, 0.29) is 11.9 Å². The van der Waals surface area contributed by atoms with E-state index in [0.717, 1.165) is 22.2 Å². The highest BCUT2D eigenvalue weighted by atomic mass is 16.6. The SMILES string of the molecule is COC(=O)[C@@H]1CNCc2[nH]c3ccc(NC(=O)OC(C)(C)C)cc3c21. The van der Waals surface area contributed by atoms with Gasteiger partial charge in [-0.05, 0) is 44.5 Å². The third-order valence-electron chi connectivity index (χ3n) is 4.05. The molecule has 7 heteroatoms. The van der Waals surface area contributed by atoms with Crippen LogP contribution in [0.15, 0.2) is 18.2 Å². The number of rotatable bonds is 2. The van der Waals surface area contributed by atoms with E-state index in [9.17, 15) is 9.59 Å². The number of amides is 1. The Kier molecular flexibility index (Phi) is 4.43. The molecule has 134 valence electrons. The van der Waals surface area contributed by atoms with Crippen LogP contribution >= 0.6 is 0 Å². The number of carbonyl (C=O) groups is 2. The van der Waals surface area contributed by atoms with Crippen LogP contribution in [0.25, 0.3) is 10.9 Å². The number of methoxy groups -OCH3 is 1. The molecule has 1 aliphatic rings. The third kappa shape index (κ3) is 3.61. The Bertz CT molecular complexity index is 820. The molecule has 2 aromatic rings. The van der Waals surface area contributed by atoms with Gasteiger partial charge in [-0.1, -0.05) is 0 Å². The molecular weight excluding hydrogens is 322 g/mol. The summed E-state index contributed by atoms with van der Waals surface area (Å²) in [5.41, 5.74) is 2.85. The van der Waals surface area contributed by atoms with E-state index in [4.69, 9.17) is 9.47 Å². The zero-order valence-corrected chi connectivity index (χ0v) is 14.9. The van der Waals surface area contributed by atoms with Gasteiger partial charge < -0.3 is 19.8 Å². The van der Waals surface area contributed by atoms with Crippen molar-refractivity contribution in [3.8, 4) is 0 Å². The second kappa shape index (κ2) is 6.40. The Labute approximate surface area is 146 Å². The minimum atomic E-state index is -0.566. The lowest BCUT2D eigenvalue weighted by molar-refractivity contribution is -0.142. The summed E-state index contributed by atoms with van der Waals surface area (Å²) in [6.45, 7) is 6.62. The normalized spacial score (nSPS) is 17.0. The standard InChI is InChI=1S/C18H23N3O4/c1-18(2,3)25-17(23)20-10-5-6-13-11(7-10)15-12(16(22)24-4)8-19-9-14(15)21-13/h5-7,12,19,21H,8-9H2,1-4H3,(H,20,23)/t12-/m1/s1. The van der Waals surface area contributed by atoms with Crippen molar-refractivity contribution in [1.29, 1.82) is 0 Å². The fourth-order valence-electron chi connectivity index (χ4n) is 3.09. The number of fused-ring (bicyclic) bond motifs is 3. The maximum Gasteiger partial charge on any atom is 0.412 e. The predicted octanol–water partition coefficient (Wildman–Crippen LogP) is 2.87. The second-order valence-electron chi connectivity index (χ2n) is 7.11. The molecule has 2 heterocycles. The van der Waals surface area contributed by atoms with Crippen LogP contribution < -0.4 is 10.6 Å². The minimum absolute atomic E-state index is 0.278. The summed E-state index contributed by atoms with van der Waals surface area (Å²) in [5, 5.41) is 6.86. The van der Waals surface area contributed by atoms with Crippen LogP contribution in [0.1, 0.15) is 37.9 Å². The van der Waals surface area contributed by atoms with Gasteiger partial charge in [-0.2, -0.15) is 0 Å². The number of anilines is 1. The molecule has 25 heavy (non-hydrogen) atoms. The number of aromatic nitrogens is 1. The van der Waals surface area contributed by atoms with Gasteiger partial charge >= 0.3 is 12.1 Å². The number of aromatic amines is 1. The molecule has 0 bridgehead atoms. The number of H-pyrrole nitrogens is 1. The summed E-state index contributed by atoms with van der Waals surface area (Å²) in [4.78, 5) is 27.4. The summed E-state index contributed by atoms with van der Waals surface area (Å²) in [7, 11) is 1.39. The van der Waals surface area contributed by atoms with Crippen molar-refractivity contribution < 1.29 is 19.1 Å². The average Bonchev–Trinajstić information content (AvgIpc) is 2.90. The second-order valence-corrected chi connectivity index (χ2v) is 7.11. The Morgan fingerprint density at radius 3 is 2.72 bits per heavy atom. The van der Waals surface area contributed by atoms with Crippen LogP contribution in [0.2, 0.25) is 0 Å². The molecule has 0 radical (unpaired) electrons. The van der Waals surface area contributed by atoms with Crippen LogP contribution in [0, 0.1) is 0 Å². The van der Waals surface area contributed by atoms with Gasteiger partial charge in [-0.25, -0.2) is 4.79 Å². The first-order valence-electron chi connectivity index (χ1n) is 8.21. The van der Waals surface area contributed by atoms with Crippen molar-refractivity contribution in [3.05, 3.63) is 29.5 Å². The Hall–Kier alpha value is -2.54. The molecule has 1 atom stereocenters. The van der Waals surface area contributed by atoms with E-state index in [1.165, 1.54) is 7.11 Å². The van der Waals surface area contributed by atoms with Gasteiger partial charge in [0.2, 0.25) is 0 Å². The zero-order valence-electron chi connectivity index (χ0n) is 14.9. The molecule has 0 unspecified atom stereocenters. The van der Waals surface area contributed by atoms with Crippen molar-refractivity contribution in [2.24, 2.45) is 0 Å². The maximum atomic E-state index is 12.1. The third-order valence-corrected chi connectivity index (χ3v) is 4.05. The Morgan fingerprint density at radius 1 is 1.28 bits per heavy atom. The lowest BCUT2D eigenvalue weighted by atomic mass is 9.93. The molecule has 0 saturated heterocycles. The minimum Gasteiger partial charge on any atom is -0.469 e. The average molecular weight is 345 g/mol. The van der Waals surface area contributed by atoms with Crippen LogP contribution in [0.4, 0.5) is 10.5 Å². The monoisotopic (exact) mass is 345 g/mol. The molecule has 1 aromatic heterocycles. The fraction of sp³-hybridized carbons (Fsp3) is 0.444. The summed E-state index contributed by atoms with van der Waals surface area (Å²) < 4.78 is 10.2. The first-order valence-corrected chi connectivity index (χ1v) is 8.21. The first kappa shape index (κ1) is 17.3. The molecule has 1 aliphatic heterocycles. The molecule has 3 rings (SSSR count). The lowest BCUT2D eigenvalue weighted by Crippen LogP contribution is -2.33. The first-order chi connectivity index (χ1) is 11.8. The number of hydrogen-bond donors (Lipinski definition) is 3. The van der Waals surface area contributed by atoms with Crippen LogP contribution in [0.3, 0.4) is 0 Å². The van der Waals surface area contributed by atoms with Gasteiger partial charge in [0.05, 0.1) is 13.0 Å². The smallest absolute Gasteiger partial charge is 0.412 e. The molecule has 3 N–H and O–H groups in total. The van der Waals surface area contributed by atoms with E-state index in [2.05, 4.69) is 15.6 Å². The predicted molar refractivity (Wildman–Crippen MR) is 94.6 cm³/mol. The van der Waals surface area contributed by atoms with E-state index in [1.54, 1.807) is 6.07 Å². The highest BCUT2D eigenvalue weighted by Crippen LogP contribution is 2.34. The molecule has 0 spiro atoms. The van der Waals surface area contributed by atoms with E-state index >= 15 is 0 Å². The lowest BCUT2D eigenvalue weighted by Gasteiger charge is -2.22. The van der Waals surface area contributed by atoms with E-state index < -0.39 is 11.7 Å². The highest BCUT2D eigenvalue weighted by Gasteiger charge is 2.30. The van der Waals surface area contributed by atoms with Crippen molar-refractivity contribution in [2.75, 3.05) is 19.0 Å². The van der Waals surface area contributed by atoms with Crippen molar-refractivity contribution in [1.82, 2.24) is 10.3 Å². The Balaban J connectivity index is 1.95. The van der Waals surface area contributed by atoms with Crippen molar-refractivity contribution >= 4 is 28.7 Å². The van der Waals surface area contributed by atoms with Gasteiger partial charge in [-0.15, -0.1) is 0 Å². The van der Waals surface area contributed by atoms with Gasteiger partial charge in [0.15, 0.2) is 0 Å². The number of benzene rings is 1. The maximum absolute atomic E-state index is 12.1. The van der Waals surface area contributed by atoms with E-state index in [1.807, 2.05) is 32.9 Å². The van der Waals surface area contributed by atoms with Crippen LogP contribution in [0.5, 0.6) is 0 Å². The number of esters is 1. The largest absolute Gasteiger partial charge is 0.469 e. The number of ether oxygens (including phenoxy) is 2. The van der Waals surface area contributed by atoms with E-state index in [0.29, 0.717) is 18.8 Å². The molecule has 1 amide bonds. The fourth-order valence-corrected chi connectivity index (χ4v) is 3.09. The zero-order chi connectivity index (χ0) is 18.2.